The van der Waals surface area contributed by atoms with Gasteiger partial charge >= 0.3 is 0 Å². The van der Waals surface area contributed by atoms with Crippen LogP contribution in [0.2, 0.25) is 0 Å². The van der Waals surface area contributed by atoms with E-state index in [-0.39, 0.29) is 0 Å². The van der Waals surface area contributed by atoms with Crippen molar-refractivity contribution in [2.75, 3.05) is 19.0 Å². The molecule has 5 nitrogen and oxygen atoms in total. The molecule has 0 unspecified atom stereocenters. The van der Waals surface area contributed by atoms with Gasteiger partial charge in [-0.15, -0.1) is 0 Å². The van der Waals surface area contributed by atoms with E-state index >= 15 is 0 Å². The summed E-state index contributed by atoms with van der Waals surface area (Å²) in [5, 5.41) is 4.30. The Balaban J connectivity index is 1.98. The third-order valence-corrected chi connectivity index (χ3v) is 4.47. The molecule has 0 radical (unpaired) electrons. The molecular formula is C23H27N3O2. The van der Waals surface area contributed by atoms with E-state index in [1.807, 2.05) is 38.1 Å². The average molecular weight is 377 g/mol. The summed E-state index contributed by atoms with van der Waals surface area (Å²) in [4.78, 5) is 8.84. The SMILES string of the molecule is COc1cc2ncnc(Nc3cccc(C(C)C)c3)c2cc1OCC=C(C)C. The minimum Gasteiger partial charge on any atom is -0.493 e. The van der Waals surface area contributed by atoms with Crippen molar-refractivity contribution in [2.24, 2.45) is 0 Å². The Hall–Kier alpha value is -3.08. The van der Waals surface area contributed by atoms with Crippen molar-refractivity contribution < 1.29 is 9.47 Å². The second-order valence-electron chi connectivity index (χ2n) is 7.24. The maximum atomic E-state index is 5.92. The van der Waals surface area contributed by atoms with Gasteiger partial charge in [0.1, 0.15) is 18.8 Å². The third kappa shape index (κ3) is 4.60. The fraction of sp³-hybridized carbons (Fsp3) is 0.304. The zero-order chi connectivity index (χ0) is 20.1. The number of aromatic nitrogens is 2. The van der Waals surface area contributed by atoms with Gasteiger partial charge in [0.2, 0.25) is 0 Å². The molecule has 5 heteroatoms. The lowest BCUT2D eigenvalue weighted by atomic mass is 10.0. The van der Waals surface area contributed by atoms with Crippen LogP contribution in [-0.4, -0.2) is 23.7 Å². The Morgan fingerprint density at radius 2 is 1.93 bits per heavy atom. The Kier molecular flexibility index (Phi) is 6.14. The maximum Gasteiger partial charge on any atom is 0.162 e. The number of fused-ring (bicyclic) bond motifs is 1. The minimum atomic E-state index is 0.461. The van der Waals surface area contributed by atoms with Gasteiger partial charge < -0.3 is 14.8 Å². The summed E-state index contributed by atoms with van der Waals surface area (Å²) in [6.07, 6.45) is 3.59. The molecule has 0 saturated carbocycles. The number of hydrogen-bond acceptors (Lipinski definition) is 5. The monoisotopic (exact) mass is 377 g/mol. The summed E-state index contributed by atoms with van der Waals surface area (Å²) in [6.45, 7) is 8.93. The second-order valence-corrected chi connectivity index (χ2v) is 7.24. The summed E-state index contributed by atoms with van der Waals surface area (Å²) < 4.78 is 11.4. The van der Waals surface area contributed by atoms with Gasteiger partial charge in [0.15, 0.2) is 11.5 Å². The Bertz CT molecular complexity index is 992. The highest BCUT2D eigenvalue weighted by Crippen LogP contribution is 2.35. The van der Waals surface area contributed by atoms with E-state index in [1.165, 1.54) is 11.1 Å². The van der Waals surface area contributed by atoms with Gasteiger partial charge in [0.05, 0.1) is 12.6 Å². The van der Waals surface area contributed by atoms with Gasteiger partial charge in [-0.2, -0.15) is 0 Å². The molecule has 0 fully saturated rings. The molecule has 0 amide bonds. The van der Waals surface area contributed by atoms with Crippen molar-refractivity contribution in [1.29, 1.82) is 0 Å². The van der Waals surface area contributed by atoms with Gasteiger partial charge in [-0.1, -0.05) is 31.6 Å². The van der Waals surface area contributed by atoms with Crippen LogP contribution in [0.3, 0.4) is 0 Å². The van der Waals surface area contributed by atoms with Crippen LogP contribution in [0.25, 0.3) is 10.9 Å². The second kappa shape index (κ2) is 8.74. The summed E-state index contributed by atoms with van der Waals surface area (Å²) in [7, 11) is 1.63. The number of anilines is 2. The minimum absolute atomic E-state index is 0.461. The Labute approximate surface area is 166 Å². The molecule has 3 rings (SSSR count). The molecule has 0 saturated heterocycles. The molecule has 146 valence electrons. The van der Waals surface area contributed by atoms with Crippen molar-refractivity contribution in [3.63, 3.8) is 0 Å². The van der Waals surface area contributed by atoms with E-state index < -0.39 is 0 Å². The molecular weight excluding hydrogens is 350 g/mol. The van der Waals surface area contributed by atoms with E-state index in [1.54, 1.807) is 13.4 Å². The van der Waals surface area contributed by atoms with Crippen LogP contribution < -0.4 is 14.8 Å². The zero-order valence-corrected chi connectivity index (χ0v) is 17.1. The van der Waals surface area contributed by atoms with Crippen LogP contribution in [0.1, 0.15) is 39.2 Å². The Morgan fingerprint density at radius 3 is 2.64 bits per heavy atom. The van der Waals surface area contributed by atoms with E-state index in [0.29, 0.717) is 24.0 Å². The van der Waals surface area contributed by atoms with E-state index in [4.69, 9.17) is 9.47 Å². The van der Waals surface area contributed by atoms with Crippen LogP contribution in [0.4, 0.5) is 11.5 Å². The highest BCUT2D eigenvalue weighted by molar-refractivity contribution is 5.93. The molecule has 0 aliphatic heterocycles. The molecule has 1 N–H and O–H groups in total. The molecule has 0 atom stereocenters. The number of allylic oxidation sites excluding steroid dienone is 1. The van der Waals surface area contributed by atoms with E-state index in [2.05, 4.69) is 47.3 Å². The van der Waals surface area contributed by atoms with Gasteiger partial charge in [0, 0.05) is 17.1 Å². The fourth-order valence-corrected chi connectivity index (χ4v) is 2.85. The highest BCUT2D eigenvalue weighted by atomic mass is 16.5. The quantitative estimate of drug-likeness (QED) is 0.523. The van der Waals surface area contributed by atoms with Crippen molar-refractivity contribution in [3.8, 4) is 11.5 Å². The summed E-state index contributed by atoms with van der Waals surface area (Å²) in [6, 6.07) is 12.2. The van der Waals surface area contributed by atoms with Crippen molar-refractivity contribution in [3.05, 3.63) is 59.9 Å². The first-order chi connectivity index (χ1) is 13.5. The molecule has 1 aromatic heterocycles. The predicted octanol–water partition coefficient (Wildman–Crippen LogP) is 5.85. The van der Waals surface area contributed by atoms with Gasteiger partial charge in [-0.05, 0) is 49.6 Å². The molecule has 0 aliphatic carbocycles. The van der Waals surface area contributed by atoms with Crippen LogP contribution in [0.5, 0.6) is 11.5 Å². The molecule has 0 spiro atoms. The first-order valence-electron chi connectivity index (χ1n) is 9.44. The number of ether oxygens (including phenoxy) is 2. The number of benzene rings is 2. The van der Waals surface area contributed by atoms with Crippen molar-refractivity contribution >= 4 is 22.4 Å². The van der Waals surface area contributed by atoms with Gasteiger partial charge in [-0.25, -0.2) is 9.97 Å². The van der Waals surface area contributed by atoms with Gasteiger partial charge in [0.25, 0.3) is 0 Å². The molecule has 1 heterocycles. The number of hydrogen-bond donors (Lipinski definition) is 1. The first kappa shape index (κ1) is 19.7. The number of methoxy groups -OCH3 is 1. The number of nitrogens with one attached hydrogen (secondary N) is 1. The molecule has 0 bridgehead atoms. The zero-order valence-electron chi connectivity index (χ0n) is 17.1. The Morgan fingerprint density at radius 1 is 1.11 bits per heavy atom. The summed E-state index contributed by atoms with van der Waals surface area (Å²) in [5.74, 6) is 2.52. The highest BCUT2D eigenvalue weighted by Gasteiger charge is 2.12. The normalized spacial score (nSPS) is 10.8. The molecule has 0 aliphatic rings. The predicted molar refractivity (Wildman–Crippen MR) is 115 cm³/mol. The summed E-state index contributed by atoms with van der Waals surface area (Å²) >= 11 is 0. The number of nitrogens with zero attached hydrogens (tertiary/aromatic N) is 2. The van der Waals surface area contributed by atoms with E-state index in [9.17, 15) is 0 Å². The average Bonchev–Trinajstić information content (AvgIpc) is 2.67. The van der Waals surface area contributed by atoms with Crippen molar-refractivity contribution in [1.82, 2.24) is 9.97 Å². The maximum absolute atomic E-state index is 5.92. The lowest BCUT2D eigenvalue weighted by Gasteiger charge is -2.14. The van der Waals surface area contributed by atoms with Crippen LogP contribution in [0.15, 0.2) is 54.4 Å². The molecule has 3 aromatic rings. The fourth-order valence-electron chi connectivity index (χ4n) is 2.85. The molecule has 28 heavy (non-hydrogen) atoms. The van der Waals surface area contributed by atoms with Crippen LogP contribution in [-0.2, 0) is 0 Å². The van der Waals surface area contributed by atoms with Crippen LogP contribution >= 0.6 is 0 Å². The third-order valence-electron chi connectivity index (χ3n) is 4.47. The molecule has 2 aromatic carbocycles. The largest absolute Gasteiger partial charge is 0.493 e. The lowest BCUT2D eigenvalue weighted by Crippen LogP contribution is -2.00. The first-order valence-corrected chi connectivity index (χ1v) is 9.44. The van der Waals surface area contributed by atoms with E-state index in [0.717, 1.165) is 22.4 Å². The van der Waals surface area contributed by atoms with Crippen LogP contribution in [0, 0.1) is 0 Å². The van der Waals surface area contributed by atoms with Crippen molar-refractivity contribution in [2.45, 2.75) is 33.6 Å². The topological polar surface area (TPSA) is 56.3 Å². The standard InChI is InChI=1S/C23H27N3O2/c1-15(2)9-10-28-22-12-19-20(13-21(22)27-5)24-14-25-23(19)26-18-8-6-7-17(11-18)16(3)4/h6-9,11-14,16H,10H2,1-5H3,(H,24,25,26). The van der Waals surface area contributed by atoms with Gasteiger partial charge in [-0.3, -0.25) is 0 Å². The summed E-state index contributed by atoms with van der Waals surface area (Å²) in [5.41, 5.74) is 4.27. The smallest absolute Gasteiger partial charge is 0.162 e. The number of rotatable bonds is 7. The lowest BCUT2D eigenvalue weighted by molar-refractivity contribution is 0.326.